The predicted octanol–water partition coefficient (Wildman–Crippen LogP) is 4.24. The fourth-order valence-corrected chi connectivity index (χ4v) is 3.58. The Bertz CT molecular complexity index is 1230. The Morgan fingerprint density at radius 3 is 2.53 bits per heavy atom. The van der Waals surface area contributed by atoms with Crippen LogP contribution in [0, 0.1) is 13.8 Å². The molecular weight excluding hydrogens is 378 g/mol. The molecule has 4 aromatic rings. The van der Waals surface area contributed by atoms with E-state index in [9.17, 15) is 0 Å². The van der Waals surface area contributed by atoms with Gasteiger partial charge in [0, 0.05) is 11.1 Å². The number of nitrogens with zero attached hydrogens (tertiary/aromatic N) is 5. The van der Waals surface area contributed by atoms with Gasteiger partial charge in [0.15, 0.2) is 0 Å². The number of fused-ring (bicyclic) bond motifs is 1. The van der Waals surface area contributed by atoms with Crippen LogP contribution in [0.15, 0.2) is 72.8 Å². The zero-order valence-corrected chi connectivity index (χ0v) is 16.8. The number of para-hydroxylation sites is 1. The van der Waals surface area contributed by atoms with Gasteiger partial charge in [0.1, 0.15) is 12.1 Å². The van der Waals surface area contributed by atoms with Gasteiger partial charge in [-0.15, -0.1) is 0 Å². The van der Waals surface area contributed by atoms with Crippen LogP contribution >= 0.6 is 0 Å². The molecule has 0 unspecified atom stereocenters. The van der Waals surface area contributed by atoms with E-state index in [-0.39, 0.29) is 6.79 Å². The van der Waals surface area contributed by atoms with Crippen molar-refractivity contribution in [1.29, 1.82) is 0 Å². The van der Waals surface area contributed by atoms with Crippen molar-refractivity contribution in [3.8, 4) is 5.95 Å². The third-order valence-electron chi connectivity index (χ3n) is 4.93. The highest BCUT2D eigenvalue weighted by Gasteiger charge is 2.23. The summed E-state index contributed by atoms with van der Waals surface area (Å²) in [6.07, 6.45) is 1.63. The minimum absolute atomic E-state index is 0.188. The fourth-order valence-electron chi connectivity index (χ4n) is 3.58. The Balaban J connectivity index is 1.70. The average Bonchev–Trinajstić information content (AvgIpc) is 3.41. The molecule has 5 rings (SSSR count). The SMILES string of the molecule is Cc1cc(C)n(-c2nc(N(Cc3ccccc3)C3=COCO3)c3ccccc3n2)n1. The first-order chi connectivity index (χ1) is 14.7. The average molecular weight is 399 g/mol. The van der Waals surface area contributed by atoms with Crippen LogP contribution in [-0.4, -0.2) is 26.5 Å². The number of rotatable bonds is 5. The lowest BCUT2D eigenvalue weighted by atomic mass is 10.2. The largest absolute Gasteiger partial charge is 0.459 e. The summed E-state index contributed by atoms with van der Waals surface area (Å²) in [6, 6.07) is 20.2. The number of anilines is 1. The van der Waals surface area contributed by atoms with E-state index in [1.54, 1.807) is 10.9 Å². The molecular formula is C23H21N5O2. The van der Waals surface area contributed by atoms with Crippen LogP contribution in [-0.2, 0) is 16.0 Å². The monoisotopic (exact) mass is 399 g/mol. The highest BCUT2D eigenvalue weighted by atomic mass is 16.7. The number of benzene rings is 2. The van der Waals surface area contributed by atoms with E-state index in [2.05, 4.69) is 17.2 Å². The van der Waals surface area contributed by atoms with Crippen LogP contribution in [0.2, 0.25) is 0 Å². The molecule has 0 fully saturated rings. The Labute approximate surface area is 174 Å². The van der Waals surface area contributed by atoms with Crippen LogP contribution in [0.4, 0.5) is 5.82 Å². The topological polar surface area (TPSA) is 65.3 Å². The Morgan fingerprint density at radius 1 is 1.00 bits per heavy atom. The molecule has 0 saturated heterocycles. The number of aromatic nitrogens is 4. The van der Waals surface area contributed by atoms with E-state index in [0.717, 1.165) is 33.7 Å². The van der Waals surface area contributed by atoms with Crippen LogP contribution < -0.4 is 4.90 Å². The molecule has 2 aromatic heterocycles. The molecule has 0 bridgehead atoms. The second kappa shape index (κ2) is 7.51. The van der Waals surface area contributed by atoms with E-state index < -0.39 is 0 Å². The van der Waals surface area contributed by atoms with Crippen LogP contribution in [0.5, 0.6) is 0 Å². The van der Waals surface area contributed by atoms with Gasteiger partial charge < -0.3 is 9.47 Å². The van der Waals surface area contributed by atoms with Crippen LogP contribution in [0.1, 0.15) is 17.0 Å². The number of ether oxygens (including phenoxy) is 2. The second-order valence-electron chi connectivity index (χ2n) is 7.16. The highest BCUT2D eigenvalue weighted by molar-refractivity contribution is 5.90. The van der Waals surface area contributed by atoms with E-state index in [0.29, 0.717) is 18.4 Å². The molecule has 0 spiro atoms. The molecule has 3 heterocycles. The summed E-state index contributed by atoms with van der Waals surface area (Å²) < 4.78 is 12.9. The molecule has 0 amide bonds. The molecule has 7 heteroatoms. The molecule has 2 aromatic carbocycles. The van der Waals surface area contributed by atoms with Gasteiger partial charge in [-0.2, -0.15) is 10.1 Å². The minimum Gasteiger partial charge on any atom is -0.459 e. The van der Waals surface area contributed by atoms with Crippen molar-refractivity contribution in [1.82, 2.24) is 19.7 Å². The molecule has 30 heavy (non-hydrogen) atoms. The van der Waals surface area contributed by atoms with Crippen molar-refractivity contribution >= 4 is 16.7 Å². The summed E-state index contributed by atoms with van der Waals surface area (Å²) in [7, 11) is 0. The fraction of sp³-hybridized carbons (Fsp3) is 0.174. The molecule has 0 atom stereocenters. The lowest BCUT2D eigenvalue weighted by molar-refractivity contribution is 0.0782. The van der Waals surface area contributed by atoms with Crippen molar-refractivity contribution in [3.63, 3.8) is 0 Å². The first kappa shape index (κ1) is 18.2. The minimum atomic E-state index is 0.188. The van der Waals surface area contributed by atoms with Gasteiger partial charge in [0.05, 0.1) is 17.8 Å². The molecule has 1 aliphatic heterocycles. The third kappa shape index (κ3) is 3.34. The van der Waals surface area contributed by atoms with Crippen LogP contribution in [0.25, 0.3) is 16.9 Å². The summed E-state index contributed by atoms with van der Waals surface area (Å²) >= 11 is 0. The van der Waals surface area contributed by atoms with E-state index in [1.807, 2.05) is 67.3 Å². The lowest BCUT2D eigenvalue weighted by Gasteiger charge is -2.24. The zero-order chi connectivity index (χ0) is 20.5. The zero-order valence-electron chi connectivity index (χ0n) is 16.8. The highest BCUT2D eigenvalue weighted by Crippen LogP contribution is 2.31. The quantitative estimate of drug-likeness (QED) is 0.500. The van der Waals surface area contributed by atoms with Crippen molar-refractivity contribution in [2.75, 3.05) is 11.7 Å². The number of hydrogen-bond donors (Lipinski definition) is 0. The normalized spacial score (nSPS) is 13.1. The van der Waals surface area contributed by atoms with Gasteiger partial charge in [0.25, 0.3) is 5.95 Å². The van der Waals surface area contributed by atoms with Crippen molar-refractivity contribution in [2.45, 2.75) is 20.4 Å². The van der Waals surface area contributed by atoms with Gasteiger partial charge >= 0.3 is 0 Å². The van der Waals surface area contributed by atoms with Crippen molar-refractivity contribution in [2.24, 2.45) is 0 Å². The molecule has 1 aliphatic rings. The molecule has 0 aliphatic carbocycles. The summed E-state index contributed by atoms with van der Waals surface area (Å²) in [4.78, 5) is 11.7. The van der Waals surface area contributed by atoms with E-state index in [1.165, 1.54) is 0 Å². The maximum Gasteiger partial charge on any atom is 0.253 e. The van der Waals surface area contributed by atoms with E-state index in [4.69, 9.17) is 19.4 Å². The first-order valence-corrected chi connectivity index (χ1v) is 9.75. The van der Waals surface area contributed by atoms with Gasteiger partial charge in [-0.3, -0.25) is 4.90 Å². The van der Waals surface area contributed by atoms with Crippen LogP contribution in [0.3, 0.4) is 0 Å². The first-order valence-electron chi connectivity index (χ1n) is 9.75. The maximum atomic E-state index is 5.75. The Morgan fingerprint density at radius 2 is 1.80 bits per heavy atom. The summed E-state index contributed by atoms with van der Waals surface area (Å²) in [5.74, 6) is 1.87. The smallest absolute Gasteiger partial charge is 0.253 e. The second-order valence-corrected chi connectivity index (χ2v) is 7.16. The van der Waals surface area contributed by atoms with E-state index >= 15 is 0 Å². The Hall–Kier alpha value is -3.87. The molecule has 150 valence electrons. The number of aryl methyl sites for hydroxylation is 2. The lowest BCUT2D eigenvalue weighted by Crippen LogP contribution is -2.24. The molecule has 0 N–H and O–H groups in total. The summed E-state index contributed by atoms with van der Waals surface area (Å²) in [5, 5.41) is 5.50. The van der Waals surface area contributed by atoms with Gasteiger partial charge in [-0.25, -0.2) is 9.67 Å². The summed E-state index contributed by atoms with van der Waals surface area (Å²) in [6.45, 7) is 4.72. The number of hydrogen-bond acceptors (Lipinski definition) is 6. The molecule has 0 saturated carbocycles. The predicted molar refractivity (Wildman–Crippen MR) is 114 cm³/mol. The summed E-state index contributed by atoms with van der Waals surface area (Å²) in [5.41, 5.74) is 3.86. The van der Waals surface area contributed by atoms with Gasteiger partial charge in [0.2, 0.25) is 12.7 Å². The van der Waals surface area contributed by atoms with Crippen molar-refractivity contribution < 1.29 is 9.47 Å². The molecule has 0 radical (unpaired) electrons. The standard InChI is InChI=1S/C23H21N5O2/c1-16-12-17(2)28(26-16)23-24-20-11-7-6-10-19(20)22(25-23)27(21-14-29-15-30-21)13-18-8-4-3-5-9-18/h3-12,14H,13,15H2,1-2H3. The van der Waals surface area contributed by atoms with Gasteiger partial charge in [-0.05, 0) is 37.6 Å². The van der Waals surface area contributed by atoms with Gasteiger partial charge in [-0.1, -0.05) is 42.5 Å². The van der Waals surface area contributed by atoms with Crippen molar-refractivity contribution in [3.05, 3.63) is 89.8 Å². The Kier molecular flexibility index (Phi) is 4.55. The third-order valence-corrected chi connectivity index (χ3v) is 4.93. The molecule has 7 nitrogen and oxygen atoms in total. The maximum absolute atomic E-state index is 5.75.